The molecular weight excluding hydrogens is 242 g/mol. The molecule has 0 spiro atoms. The van der Waals surface area contributed by atoms with E-state index in [-0.39, 0.29) is 12.2 Å². The molecular formula is C15H19NO3. The second kappa shape index (κ2) is 6.38. The first kappa shape index (κ1) is 13.6. The summed E-state index contributed by atoms with van der Waals surface area (Å²) in [7, 11) is 0. The molecule has 1 atom stereocenters. The van der Waals surface area contributed by atoms with Gasteiger partial charge < -0.3 is 14.4 Å². The van der Waals surface area contributed by atoms with E-state index in [1.165, 1.54) is 0 Å². The number of carbonyl (C=O) groups is 1. The summed E-state index contributed by atoms with van der Waals surface area (Å²) in [5.41, 5.74) is 1.92. The largest absolute Gasteiger partial charge is 0.445 e. The lowest BCUT2D eigenvalue weighted by Crippen LogP contribution is -2.46. The Morgan fingerprint density at radius 1 is 1.47 bits per heavy atom. The molecule has 1 unspecified atom stereocenters. The van der Waals surface area contributed by atoms with Crippen LogP contribution in [0.4, 0.5) is 4.79 Å². The Hall–Kier alpha value is -1.81. The van der Waals surface area contributed by atoms with Crippen LogP contribution in [0.25, 0.3) is 0 Å². The molecule has 1 amide bonds. The Morgan fingerprint density at radius 3 is 2.89 bits per heavy atom. The molecule has 1 heterocycles. The summed E-state index contributed by atoms with van der Waals surface area (Å²) < 4.78 is 10.8. The summed E-state index contributed by atoms with van der Waals surface area (Å²) in [6.45, 7) is 7.68. The highest BCUT2D eigenvalue weighted by Gasteiger charge is 2.25. The zero-order valence-electron chi connectivity index (χ0n) is 11.2. The van der Waals surface area contributed by atoms with E-state index >= 15 is 0 Å². The maximum atomic E-state index is 12.0. The minimum Gasteiger partial charge on any atom is -0.445 e. The second-order valence-corrected chi connectivity index (χ2v) is 4.69. The van der Waals surface area contributed by atoms with Gasteiger partial charge in [0.15, 0.2) is 0 Å². The van der Waals surface area contributed by atoms with E-state index in [0.29, 0.717) is 26.3 Å². The number of hydrogen-bond donors (Lipinski definition) is 0. The fourth-order valence-electron chi connectivity index (χ4n) is 1.92. The van der Waals surface area contributed by atoms with Crippen molar-refractivity contribution in [3.8, 4) is 0 Å². The van der Waals surface area contributed by atoms with Gasteiger partial charge in [-0.2, -0.15) is 0 Å². The van der Waals surface area contributed by atoms with Crippen molar-refractivity contribution in [1.82, 2.24) is 4.90 Å². The van der Waals surface area contributed by atoms with Crippen LogP contribution in [-0.2, 0) is 16.1 Å². The maximum Gasteiger partial charge on any atom is 0.410 e. The van der Waals surface area contributed by atoms with Crippen molar-refractivity contribution in [2.45, 2.75) is 19.6 Å². The van der Waals surface area contributed by atoms with Crippen molar-refractivity contribution in [3.05, 3.63) is 48.0 Å². The van der Waals surface area contributed by atoms with Crippen molar-refractivity contribution in [3.63, 3.8) is 0 Å². The topological polar surface area (TPSA) is 38.8 Å². The zero-order chi connectivity index (χ0) is 13.7. The summed E-state index contributed by atoms with van der Waals surface area (Å²) in [6.07, 6.45) is -0.378. The van der Waals surface area contributed by atoms with Gasteiger partial charge in [0.1, 0.15) is 6.61 Å². The van der Waals surface area contributed by atoms with Gasteiger partial charge in [-0.3, -0.25) is 0 Å². The minimum absolute atomic E-state index is 0.0852. The molecule has 4 nitrogen and oxygen atoms in total. The summed E-state index contributed by atoms with van der Waals surface area (Å²) in [5.74, 6) is 0. The highest BCUT2D eigenvalue weighted by Crippen LogP contribution is 2.13. The molecule has 1 aromatic carbocycles. The third-order valence-electron chi connectivity index (χ3n) is 3.08. The molecule has 1 fully saturated rings. The van der Waals surface area contributed by atoms with Crippen LogP contribution in [-0.4, -0.2) is 36.8 Å². The van der Waals surface area contributed by atoms with E-state index < -0.39 is 0 Å². The van der Waals surface area contributed by atoms with Gasteiger partial charge in [-0.25, -0.2) is 4.79 Å². The van der Waals surface area contributed by atoms with E-state index in [0.717, 1.165) is 11.1 Å². The van der Waals surface area contributed by atoms with Crippen molar-refractivity contribution in [2.75, 3.05) is 19.7 Å². The Bertz CT molecular complexity index is 444. The van der Waals surface area contributed by atoms with Crippen molar-refractivity contribution in [2.24, 2.45) is 0 Å². The second-order valence-electron chi connectivity index (χ2n) is 4.69. The van der Waals surface area contributed by atoms with Crippen LogP contribution in [0.2, 0.25) is 0 Å². The van der Waals surface area contributed by atoms with Crippen LogP contribution in [0.15, 0.2) is 42.5 Å². The van der Waals surface area contributed by atoms with E-state index in [9.17, 15) is 4.79 Å². The molecule has 0 saturated carbocycles. The molecule has 0 aliphatic carbocycles. The number of carbonyl (C=O) groups excluding carboxylic acids is 1. The van der Waals surface area contributed by atoms with Gasteiger partial charge in [0.2, 0.25) is 0 Å². The first-order valence-corrected chi connectivity index (χ1v) is 6.39. The average molecular weight is 261 g/mol. The number of hydrogen-bond acceptors (Lipinski definition) is 3. The summed E-state index contributed by atoms with van der Waals surface area (Å²) in [6, 6.07) is 9.65. The first-order valence-electron chi connectivity index (χ1n) is 6.39. The number of benzene rings is 1. The van der Waals surface area contributed by atoms with Crippen LogP contribution in [0.1, 0.15) is 12.5 Å². The molecule has 0 radical (unpaired) electrons. The Morgan fingerprint density at radius 2 is 2.21 bits per heavy atom. The maximum absolute atomic E-state index is 12.0. The van der Waals surface area contributed by atoms with Crippen LogP contribution >= 0.6 is 0 Å². The molecule has 0 aromatic heterocycles. The number of nitrogens with zero attached hydrogens (tertiary/aromatic N) is 1. The zero-order valence-corrected chi connectivity index (χ0v) is 11.2. The van der Waals surface area contributed by atoms with Crippen LogP contribution in [0.5, 0.6) is 0 Å². The summed E-state index contributed by atoms with van der Waals surface area (Å²) in [5, 5.41) is 0. The van der Waals surface area contributed by atoms with Gasteiger partial charge in [0, 0.05) is 6.54 Å². The number of amides is 1. The lowest BCUT2D eigenvalue weighted by molar-refractivity contribution is -0.0113. The molecule has 4 heteroatoms. The van der Waals surface area contributed by atoms with E-state index in [2.05, 4.69) is 6.58 Å². The Labute approximate surface area is 113 Å². The third kappa shape index (κ3) is 3.83. The minimum atomic E-state index is -0.293. The van der Waals surface area contributed by atoms with Crippen molar-refractivity contribution in [1.29, 1.82) is 0 Å². The standard InChI is InChI=1S/C15H19NO3/c1-12(2)14-10-16(8-9-18-14)15(17)19-11-13-6-4-3-5-7-13/h3-7,14H,1,8-11H2,2H3. The molecule has 0 bridgehead atoms. The van der Waals surface area contributed by atoms with Crippen molar-refractivity contribution < 1.29 is 14.3 Å². The fourth-order valence-corrected chi connectivity index (χ4v) is 1.92. The molecule has 1 saturated heterocycles. The molecule has 0 N–H and O–H groups in total. The van der Waals surface area contributed by atoms with Crippen LogP contribution in [0.3, 0.4) is 0 Å². The molecule has 1 aromatic rings. The third-order valence-corrected chi connectivity index (χ3v) is 3.08. The van der Waals surface area contributed by atoms with Gasteiger partial charge in [-0.1, -0.05) is 42.5 Å². The van der Waals surface area contributed by atoms with Gasteiger partial charge in [-0.15, -0.1) is 0 Å². The summed E-state index contributed by atoms with van der Waals surface area (Å²) >= 11 is 0. The quantitative estimate of drug-likeness (QED) is 0.785. The monoisotopic (exact) mass is 261 g/mol. The smallest absolute Gasteiger partial charge is 0.410 e. The number of morpholine rings is 1. The Kier molecular flexibility index (Phi) is 4.58. The van der Waals surface area contributed by atoms with Gasteiger partial charge in [0.05, 0.1) is 19.3 Å². The lowest BCUT2D eigenvalue weighted by atomic mass is 10.1. The van der Waals surface area contributed by atoms with Gasteiger partial charge >= 0.3 is 6.09 Å². The van der Waals surface area contributed by atoms with E-state index in [4.69, 9.17) is 9.47 Å². The Balaban J connectivity index is 1.84. The van der Waals surface area contributed by atoms with Crippen molar-refractivity contribution >= 4 is 6.09 Å². The molecule has 102 valence electrons. The molecule has 2 rings (SSSR count). The van der Waals surface area contributed by atoms with E-state index in [1.807, 2.05) is 37.3 Å². The fraction of sp³-hybridized carbons (Fsp3) is 0.400. The lowest BCUT2D eigenvalue weighted by Gasteiger charge is -2.32. The normalized spacial score (nSPS) is 19.0. The molecule has 1 aliphatic rings. The summed E-state index contributed by atoms with van der Waals surface area (Å²) in [4.78, 5) is 13.6. The highest BCUT2D eigenvalue weighted by atomic mass is 16.6. The average Bonchev–Trinajstić information content (AvgIpc) is 2.46. The number of ether oxygens (including phenoxy) is 2. The van der Waals surface area contributed by atoms with Gasteiger partial charge in [-0.05, 0) is 12.5 Å². The van der Waals surface area contributed by atoms with E-state index in [1.54, 1.807) is 4.90 Å². The van der Waals surface area contributed by atoms with Crippen LogP contribution in [0, 0.1) is 0 Å². The van der Waals surface area contributed by atoms with Gasteiger partial charge in [0.25, 0.3) is 0 Å². The molecule has 19 heavy (non-hydrogen) atoms. The predicted octanol–water partition coefficient (Wildman–Crippen LogP) is 2.60. The first-order chi connectivity index (χ1) is 9.16. The highest BCUT2D eigenvalue weighted by molar-refractivity contribution is 5.67. The van der Waals surface area contributed by atoms with Crippen LogP contribution < -0.4 is 0 Å². The SMILES string of the molecule is C=C(C)C1CN(C(=O)OCc2ccccc2)CCO1. The molecule has 1 aliphatic heterocycles. The predicted molar refractivity (Wildman–Crippen MR) is 72.8 cm³/mol. The number of rotatable bonds is 3.